The maximum Gasteiger partial charge on any atom is 0.206 e. The van der Waals surface area contributed by atoms with E-state index in [0.29, 0.717) is 0 Å². The van der Waals surface area contributed by atoms with Crippen LogP contribution in [0.25, 0.3) is 0 Å². The third-order valence-electron chi connectivity index (χ3n) is 3.72. The van der Waals surface area contributed by atoms with Crippen LogP contribution in [0.1, 0.15) is 13.8 Å². The number of hydrogen-bond donors (Lipinski definition) is 2. The van der Waals surface area contributed by atoms with Gasteiger partial charge in [0.1, 0.15) is 5.75 Å². The number of rotatable bonds is 4. The highest BCUT2D eigenvalue weighted by atomic mass is 32.2. The van der Waals surface area contributed by atoms with E-state index in [1.54, 1.807) is 30.4 Å². The molecule has 1 aliphatic rings. The topological polar surface area (TPSA) is 74.6 Å². The summed E-state index contributed by atoms with van der Waals surface area (Å²) in [7, 11) is -3.73. The van der Waals surface area contributed by atoms with Crippen LogP contribution in [0.5, 0.6) is 5.75 Å². The van der Waals surface area contributed by atoms with E-state index in [9.17, 15) is 18.6 Å². The summed E-state index contributed by atoms with van der Waals surface area (Å²) in [4.78, 5) is 0.210. The maximum absolute atomic E-state index is 12.8. The molecule has 1 aliphatic carbocycles. The predicted molar refractivity (Wildman–Crippen MR) is 90.6 cm³/mol. The van der Waals surface area contributed by atoms with Crippen molar-refractivity contribution in [2.45, 2.75) is 24.8 Å². The first-order chi connectivity index (χ1) is 10.9. The van der Waals surface area contributed by atoms with E-state index in [4.69, 9.17) is 0 Å². The number of aliphatic hydroxyl groups excluding tert-OH is 1. The van der Waals surface area contributed by atoms with Gasteiger partial charge in [-0.15, -0.1) is 0 Å². The van der Waals surface area contributed by atoms with Gasteiger partial charge in [0.05, 0.1) is 21.3 Å². The SMILES string of the molecule is CC=CC1(C=CC)C=C(S(=O)(=O)c2ccc(O)cc2)C=CC1O. The van der Waals surface area contributed by atoms with Crippen LogP contribution in [0.2, 0.25) is 0 Å². The molecule has 1 unspecified atom stereocenters. The summed E-state index contributed by atoms with van der Waals surface area (Å²) in [5, 5.41) is 19.6. The number of aromatic hydroxyl groups is 1. The van der Waals surface area contributed by atoms with Crippen LogP contribution in [0.3, 0.4) is 0 Å². The number of sulfone groups is 1. The van der Waals surface area contributed by atoms with Gasteiger partial charge >= 0.3 is 0 Å². The van der Waals surface area contributed by atoms with Crippen molar-refractivity contribution in [2.75, 3.05) is 0 Å². The summed E-state index contributed by atoms with van der Waals surface area (Å²) >= 11 is 0. The Morgan fingerprint density at radius 2 is 1.65 bits per heavy atom. The average Bonchev–Trinajstić information content (AvgIpc) is 2.51. The Bertz CT molecular complexity index is 769. The van der Waals surface area contributed by atoms with E-state index in [-0.39, 0.29) is 15.6 Å². The van der Waals surface area contributed by atoms with E-state index in [1.165, 1.54) is 36.4 Å². The molecule has 0 aliphatic heterocycles. The van der Waals surface area contributed by atoms with Crippen molar-refractivity contribution in [3.8, 4) is 5.75 Å². The standard InChI is InChI=1S/C18H20O4S/c1-3-11-18(12-4-2)13-16(9-10-17(18)20)23(21,22)15-7-5-14(19)6-8-15/h3-13,17,19-20H,1-2H3. The lowest BCUT2D eigenvalue weighted by atomic mass is 9.78. The Morgan fingerprint density at radius 3 is 2.17 bits per heavy atom. The minimum atomic E-state index is -3.73. The van der Waals surface area contributed by atoms with Gasteiger partial charge in [0.15, 0.2) is 0 Å². The van der Waals surface area contributed by atoms with Crippen molar-refractivity contribution in [3.63, 3.8) is 0 Å². The Balaban J connectivity index is 2.57. The molecule has 0 amide bonds. The van der Waals surface area contributed by atoms with Gasteiger partial charge in [0.2, 0.25) is 9.84 Å². The van der Waals surface area contributed by atoms with Crippen LogP contribution in [0.15, 0.2) is 76.6 Å². The molecule has 5 heteroatoms. The number of phenolic OH excluding ortho intramolecular Hbond substituents is 1. The van der Waals surface area contributed by atoms with Crippen molar-refractivity contribution in [2.24, 2.45) is 5.41 Å². The van der Waals surface area contributed by atoms with Crippen molar-refractivity contribution in [1.82, 2.24) is 0 Å². The predicted octanol–water partition coefficient (Wildman–Crippen LogP) is 3.12. The fourth-order valence-electron chi connectivity index (χ4n) is 2.59. The zero-order valence-corrected chi connectivity index (χ0v) is 13.9. The molecule has 0 saturated heterocycles. The minimum absolute atomic E-state index is 0.00437. The molecule has 23 heavy (non-hydrogen) atoms. The summed E-state index contributed by atoms with van der Waals surface area (Å²) in [6, 6.07) is 5.38. The molecule has 122 valence electrons. The van der Waals surface area contributed by atoms with E-state index in [2.05, 4.69) is 0 Å². The van der Waals surface area contributed by atoms with Gasteiger partial charge in [0, 0.05) is 0 Å². The van der Waals surface area contributed by atoms with Crippen LogP contribution in [-0.4, -0.2) is 24.7 Å². The van der Waals surface area contributed by atoms with Crippen molar-refractivity contribution < 1.29 is 18.6 Å². The quantitative estimate of drug-likeness (QED) is 0.831. The van der Waals surface area contributed by atoms with Crippen molar-refractivity contribution in [1.29, 1.82) is 0 Å². The Morgan fingerprint density at radius 1 is 1.09 bits per heavy atom. The molecule has 0 bridgehead atoms. The fraction of sp³-hybridized carbons (Fsp3) is 0.222. The van der Waals surface area contributed by atoms with Crippen LogP contribution < -0.4 is 0 Å². The summed E-state index contributed by atoms with van der Waals surface area (Å²) in [5.74, 6) is 0.00437. The molecule has 0 spiro atoms. The molecular formula is C18H20O4S. The van der Waals surface area contributed by atoms with Crippen LogP contribution >= 0.6 is 0 Å². The highest BCUT2D eigenvalue weighted by molar-refractivity contribution is 7.95. The monoisotopic (exact) mass is 332 g/mol. The van der Waals surface area contributed by atoms with Crippen LogP contribution in [-0.2, 0) is 9.84 Å². The molecule has 4 nitrogen and oxygen atoms in total. The number of allylic oxidation sites excluding steroid dienone is 3. The van der Waals surface area contributed by atoms with Gasteiger partial charge in [-0.05, 0) is 50.3 Å². The first-order valence-electron chi connectivity index (χ1n) is 7.26. The molecule has 0 radical (unpaired) electrons. The smallest absolute Gasteiger partial charge is 0.206 e. The van der Waals surface area contributed by atoms with Gasteiger partial charge in [-0.1, -0.05) is 30.4 Å². The molecule has 0 aromatic heterocycles. The first kappa shape index (κ1) is 17.2. The summed E-state index contributed by atoms with van der Waals surface area (Å²) in [6.07, 6.45) is 10.7. The van der Waals surface area contributed by atoms with Gasteiger partial charge < -0.3 is 10.2 Å². The zero-order chi connectivity index (χ0) is 17.1. The molecule has 1 atom stereocenters. The second-order valence-corrected chi connectivity index (χ2v) is 7.30. The van der Waals surface area contributed by atoms with Crippen molar-refractivity contribution >= 4 is 9.84 Å². The molecular weight excluding hydrogens is 312 g/mol. The highest BCUT2D eigenvalue weighted by Crippen LogP contribution is 2.37. The molecule has 2 rings (SSSR count). The molecule has 0 saturated carbocycles. The van der Waals surface area contributed by atoms with Gasteiger partial charge in [0.25, 0.3) is 0 Å². The summed E-state index contributed by atoms with van der Waals surface area (Å²) in [6.45, 7) is 3.64. The van der Waals surface area contributed by atoms with Gasteiger partial charge in [-0.25, -0.2) is 8.42 Å². The first-order valence-corrected chi connectivity index (χ1v) is 8.75. The van der Waals surface area contributed by atoms with Crippen molar-refractivity contribution in [3.05, 3.63) is 71.7 Å². The molecule has 2 N–H and O–H groups in total. The number of benzene rings is 1. The Labute approximate surface area is 136 Å². The van der Waals surface area contributed by atoms with Gasteiger partial charge in [-0.3, -0.25) is 0 Å². The second-order valence-electron chi connectivity index (χ2n) is 5.35. The van der Waals surface area contributed by atoms with E-state index < -0.39 is 21.4 Å². The number of hydrogen-bond acceptors (Lipinski definition) is 4. The third-order valence-corrected chi connectivity index (χ3v) is 5.48. The highest BCUT2D eigenvalue weighted by Gasteiger charge is 2.34. The Hall–Kier alpha value is -2.11. The molecule has 1 aromatic carbocycles. The fourth-order valence-corrected chi connectivity index (χ4v) is 3.97. The zero-order valence-electron chi connectivity index (χ0n) is 13.0. The Kier molecular flexibility index (Phi) is 4.92. The summed E-state index contributed by atoms with van der Waals surface area (Å²) < 4.78 is 25.5. The van der Waals surface area contributed by atoms with E-state index in [0.717, 1.165) is 0 Å². The second kappa shape index (κ2) is 6.56. The average molecular weight is 332 g/mol. The van der Waals surface area contributed by atoms with E-state index in [1.807, 2.05) is 13.8 Å². The normalized spacial score (nSPS) is 25.2. The number of phenols is 1. The lowest BCUT2D eigenvalue weighted by molar-refractivity contribution is 0.159. The van der Waals surface area contributed by atoms with Crippen LogP contribution in [0, 0.1) is 5.41 Å². The minimum Gasteiger partial charge on any atom is -0.508 e. The van der Waals surface area contributed by atoms with Gasteiger partial charge in [-0.2, -0.15) is 0 Å². The largest absolute Gasteiger partial charge is 0.508 e. The third kappa shape index (κ3) is 3.30. The lowest BCUT2D eigenvalue weighted by Crippen LogP contribution is -2.31. The van der Waals surface area contributed by atoms with E-state index >= 15 is 0 Å². The molecule has 1 aromatic rings. The maximum atomic E-state index is 12.8. The summed E-state index contributed by atoms with van der Waals surface area (Å²) in [5.41, 5.74) is -0.891. The number of aliphatic hydroxyl groups is 1. The lowest BCUT2D eigenvalue weighted by Gasteiger charge is -2.31. The molecule has 0 fully saturated rings. The molecule has 0 heterocycles. The van der Waals surface area contributed by atoms with Crippen LogP contribution in [0.4, 0.5) is 0 Å².